The van der Waals surface area contributed by atoms with Crippen LogP contribution in [-0.4, -0.2) is 28.9 Å². The normalized spacial score (nSPS) is 11.8. The molecule has 0 rings (SSSR count). The smallest absolute Gasteiger partial charge is 0.321 e. The van der Waals surface area contributed by atoms with E-state index in [9.17, 15) is 14.4 Å². The van der Waals surface area contributed by atoms with Gasteiger partial charge in [0.25, 0.3) is 0 Å². The van der Waals surface area contributed by atoms with Gasteiger partial charge in [0.1, 0.15) is 6.04 Å². The van der Waals surface area contributed by atoms with E-state index in [1.165, 1.54) is 0 Å². The molecule has 2 amide bonds. The molecule has 0 radical (unpaired) electrons. The molecule has 0 saturated carbocycles. The fourth-order valence-electron chi connectivity index (χ4n) is 0.534. The van der Waals surface area contributed by atoms with Gasteiger partial charge in [-0.15, -0.1) is 0 Å². The molecule has 4 N–H and O–H groups in total. The van der Waals surface area contributed by atoms with E-state index in [1.54, 1.807) is 0 Å². The van der Waals surface area contributed by atoms with Crippen molar-refractivity contribution >= 4 is 17.8 Å². The van der Waals surface area contributed by atoms with E-state index in [-0.39, 0.29) is 0 Å². The third-order valence-electron chi connectivity index (χ3n) is 1.04. The van der Waals surface area contributed by atoms with Crippen molar-refractivity contribution in [2.45, 2.75) is 19.4 Å². The zero-order chi connectivity index (χ0) is 9.72. The van der Waals surface area contributed by atoms with Gasteiger partial charge >= 0.3 is 5.97 Å². The summed E-state index contributed by atoms with van der Waals surface area (Å²) in [6, 6.07) is -1.26. The maximum absolute atomic E-state index is 10.7. The lowest BCUT2D eigenvalue weighted by atomic mass is 10.2. The molecule has 0 bridgehead atoms. The largest absolute Gasteiger partial charge is 0.480 e. The quantitative estimate of drug-likeness (QED) is 0.480. The number of imide groups is 1. The molecule has 0 spiro atoms. The lowest BCUT2D eigenvalue weighted by Crippen LogP contribution is -2.38. The summed E-state index contributed by atoms with van der Waals surface area (Å²) >= 11 is 0. The van der Waals surface area contributed by atoms with Crippen LogP contribution in [0, 0.1) is 0 Å². The molecular weight excluding hydrogens is 164 g/mol. The highest BCUT2D eigenvalue weighted by Gasteiger charge is 2.16. The summed E-state index contributed by atoms with van der Waals surface area (Å²) in [6.07, 6.45) is -0.394. The Hall–Kier alpha value is -1.43. The maximum atomic E-state index is 10.7. The van der Waals surface area contributed by atoms with Crippen molar-refractivity contribution in [2.75, 3.05) is 0 Å². The fourth-order valence-corrected chi connectivity index (χ4v) is 0.534. The molecule has 6 heteroatoms. The summed E-state index contributed by atoms with van der Waals surface area (Å²) in [4.78, 5) is 31.1. The number of carbonyl (C=O) groups is 3. The SMILES string of the molecule is CC(=O)NC(=O)CC(N)C(=O)O. The van der Waals surface area contributed by atoms with Gasteiger partial charge in [-0.2, -0.15) is 0 Å². The number of hydrogen-bond donors (Lipinski definition) is 3. The number of amides is 2. The maximum Gasteiger partial charge on any atom is 0.321 e. The molecule has 0 aromatic rings. The predicted molar refractivity (Wildman–Crippen MR) is 39.1 cm³/mol. The zero-order valence-corrected chi connectivity index (χ0v) is 6.53. The highest BCUT2D eigenvalue weighted by molar-refractivity contribution is 5.95. The summed E-state index contributed by atoms with van der Waals surface area (Å²) in [5.74, 6) is -2.48. The van der Waals surface area contributed by atoms with Crippen LogP contribution in [0.5, 0.6) is 0 Å². The highest BCUT2D eigenvalue weighted by Crippen LogP contribution is 1.87. The summed E-state index contributed by atoms with van der Waals surface area (Å²) in [7, 11) is 0. The van der Waals surface area contributed by atoms with Gasteiger partial charge in [0.2, 0.25) is 11.8 Å². The van der Waals surface area contributed by atoms with Gasteiger partial charge < -0.3 is 10.8 Å². The fraction of sp³-hybridized carbons (Fsp3) is 0.500. The number of nitrogens with one attached hydrogen (secondary N) is 1. The molecule has 0 aliphatic heterocycles. The Balaban J connectivity index is 3.85. The summed E-state index contributed by atoms with van der Waals surface area (Å²) in [5, 5.41) is 10.2. The third kappa shape index (κ3) is 4.40. The topological polar surface area (TPSA) is 109 Å². The summed E-state index contributed by atoms with van der Waals surface area (Å²) in [5.41, 5.74) is 5.02. The Morgan fingerprint density at radius 3 is 2.33 bits per heavy atom. The molecular formula is C6H10N2O4. The first-order chi connectivity index (χ1) is 5.43. The molecule has 0 aromatic carbocycles. The molecule has 0 aromatic heterocycles. The Morgan fingerprint density at radius 1 is 1.50 bits per heavy atom. The van der Waals surface area contributed by atoms with Gasteiger partial charge in [-0.25, -0.2) is 0 Å². The van der Waals surface area contributed by atoms with Gasteiger partial charge in [0.05, 0.1) is 6.42 Å². The molecule has 6 nitrogen and oxygen atoms in total. The van der Waals surface area contributed by atoms with Crippen molar-refractivity contribution in [3.8, 4) is 0 Å². The Labute approximate surface area is 68.7 Å². The molecule has 12 heavy (non-hydrogen) atoms. The standard InChI is InChI=1S/C6H10N2O4/c1-3(9)8-5(10)2-4(7)6(11)12/h4H,2,7H2,1H3,(H,11,12)(H,8,9,10). The molecule has 68 valence electrons. The second-order valence-electron chi connectivity index (χ2n) is 2.25. The number of carbonyl (C=O) groups excluding carboxylic acids is 2. The van der Waals surface area contributed by atoms with Crippen LogP contribution in [0.3, 0.4) is 0 Å². The van der Waals surface area contributed by atoms with E-state index in [4.69, 9.17) is 10.8 Å². The zero-order valence-electron chi connectivity index (χ0n) is 6.53. The van der Waals surface area contributed by atoms with Crippen molar-refractivity contribution in [1.29, 1.82) is 0 Å². The van der Waals surface area contributed by atoms with Gasteiger partial charge in [0.15, 0.2) is 0 Å². The minimum Gasteiger partial charge on any atom is -0.480 e. The van der Waals surface area contributed by atoms with E-state index in [2.05, 4.69) is 0 Å². The van der Waals surface area contributed by atoms with Gasteiger partial charge in [-0.1, -0.05) is 0 Å². The van der Waals surface area contributed by atoms with Gasteiger partial charge in [-0.05, 0) is 0 Å². The number of carboxylic acid groups (broad SMARTS) is 1. The number of aliphatic carboxylic acids is 1. The monoisotopic (exact) mass is 174 g/mol. The van der Waals surface area contributed by atoms with Crippen molar-refractivity contribution < 1.29 is 19.5 Å². The second-order valence-corrected chi connectivity index (χ2v) is 2.25. The molecule has 1 unspecified atom stereocenters. The first-order valence-corrected chi connectivity index (χ1v) is 3.22. The minimum absolute atomic E-state index is 0.394. The van der Waals surface area contributed by atoms with Crippen LogP contribution in [0.4, 0.5) is 0 Å². The van der Waals surface area contributed by atoms with Crippen molar-refractivity contribution in [1.82, 2.24) is 5.32 Å². The van der Waals surface area contributed by atoms with Crippen molar-refractivity contribution in [3.05, 3.63) is 0 Å². The molecule has 0 fully saturated rings. The number of rotatable bonds is 3. The van der Waals surface area contributed by atoms with E-state index >= 15 is 0 Å². The van der Waals surface area contributed by atoms with Crippen LogP contribution in [0.2, 0.25) is 0 Å². The van der Waals surface area contributed by atoms with E-state index < -0.39 is 30.2 Å². The van der Waals surface area contributed by atoms with Gasteiger partial charge in [0, 0.05) is 6.92 Å². The lowest BCUT2D eigenvalue weighted by molar-refractivity contribution is -0.141. The van der Waals surface area contributed by atoms with Crippen molar-refractivity contribution in [2.24, 2.45) is 5.73 Å². The van der Waals surface area contributed by atoms with Crippen LogP contribution in [0.1, 0.15) is 13.3 Å². The van der Waals surface area contributed by atoms with E-state index in [0.29, 0.717) is 0 Å². The first-order valence-electron chi connectivity index (χ1n) is 3.22. The van der Waals surface area contributed by atoms with Crippen LogP contribution < -0.4 is 11.1 Å². The average molecular weight is 174 g/mol. The Bertz CT molecular complexity index is 214. The second kappa shape index (κ2) is 4.45. The molecule has 0 aliphatic rings. The van der Waals surface area contributed by atoms with Crippen LogP contribution in [0.25, 0.3) is 0 Å². The van der Waals surface area contributed by atoms with Crippen molar-refractivity contribution in [3.63, 3.8) is 0 Å². The highest BCUT2D eigenvalue weighted by atomic mass is 16.4. The lowest BCUT2D eigenvalue weighted by Gasteiger charge is -2.04. The number of nitrogens with two attached hydrogens (primary N) is 1. The van der Waals surface area contributed by atoms with Gasteiger partial charge in [-0.3, -0.25) is 19.7 Å². The number of hydrogen-bond acceptors (Lipinski definition) is 4. The van der Waals surface area contributed by atoms with Crippen LogP contribution in [-0.2, 0) is 14.4 Å². The third-order valence-corrected chi connectivity index (χ3v) is 1.04. The molecule has 0 aliphatic carbocycles. The number of carboxylic acids is 1. The summed E-state index contributed by atoms with van der Waals surface area (Å²) in [6.45, 7) is 1.16. The van der Waals surface area contributed by atoms with E-state index in [0.717, 1.165) is 6.92 Å². The first kappa shape index (κ1) is 10.6. The molecule has 1 atom stereocenters. The Kier molecular flexibility index (Phi) is 3.92. The Morgan fingerprint density at radius 2 is 2.00 bits per heavy atom. The molecule has 0 heterocycles. The summed E-state index contributed by atoms with van der Waals surface area (Å²) < 4.78 is 0. The van der Waals surface area contributed by atoms with Crippen LogP contribution >= 0.6 is 0 Å². The average Bonchev–Trinajstić information content (AvgIpc) is 1.84. The predicted octanol–water partition coefficient (Wildman–Crippen LogP) is -1.55. The van der Waals surface area contributed by atoms with Crippen LogP contribution in [0.15, 0.2) is 0 Å². The minimum atomic E-state index is -1.27. The molecule has 0 saturated heterocycles. The van der Waals surface area contributed by atoms with E-state index in [1.807, 2.05) is 5.32 Å².